The summed E-state index contributed by atoms with van der Waals surface area (Å²) in [7, 11) is 0. The van der Waals surface area contributed by atoms with Gasteiger partial charge in [-0.3, -0.25) is 9.69 Å². The predicted octanol–water partition coefficient (Wildman–Crippen LogP) is 3.90. The third-order valence-corrected chi connectivity index (χ3v) is 5.34. The summed E-state index contributed by atoms with van der Waals surface area (Å²) in [6.45, 7) is 2.89. The molecule has 0 spiro atoms. The fourth-order valence-corrected chi connectivity index (χ4v) is 4.16. The van der Waals surface area contributed by atoms with Crippen molar-refractivity contribution in [3.63, 3.8) is 0 Å². The number of aromatic nitrogens is 2. The number of halogens is 1. The zero-order valence-corrected chi connectivity index (χ0v) is 14.1. The maximum absolute atomic E-state index is 12.6. The molecule has 1 fully saturated rings. The number of likely N-dealkylation sites (tertiary alicyclic amines) is 1. The molecule has 4 nitrogen and oxygen atoms in total. The zero-order valence-electron chi connectivity index (χ0n) is 12.5. The van der Waals surface area contributed by atoms with Gasteiger partial charge in [-0.15, -0.1) is 11.3 Å². The summed E-state index contributed by atoms with van der Waals surface area (Å²) >= 11 is 7.46. The molecule has 0 amide bonds. The summed E-state index contributed by atoms with van der Waals surface area (Å²) in [6.07, 6.45) is 2.46. The molecule has 3 heterocycles. The zero-order chi connectivity index (χ0) is 15.8. The summed E-state index contributed by atoms with van der Waals surface area (Å²) in [5.74, 6) is 0.758. The molecule has 1 saturated heterocycles. The van der Waals surface area contributed by atoms with Gasteiger partial charge in [0.05, 0.1) is 11.9 Å². The quantitative estimate of drug-likeness (QED) is 0.783. The van der Waals surface area contributed by atoms with Crippen molar-refractivity contribution >= 4 is 33.2 Å². The highest BCUT2D eigenvalue weighted by atomic mass is 35.5. The number of benzene rings is 1. The van der Waals surface area contributed by atoms with Gasteiger partial charge < -0.3 is 4.98 Å². The van der Waals surface area contributed by atoms with Crippen LogP contribution < -0.4 is 5.56 Å². The average molecular weight is 346 g/mol. The maximum Gasteiger partial charge on any atom is 0.260 e. The lowest BCUT2D eigenvalue weighted by Crippen LogP contribution is -2.22. The van der Waals surface area contributed by atoms with E-state index in [-0.39, 0.29) is 5.56 Å². The van der Waals surface area contributed by atoms with Crippen LogP contribution in [0.1, 0.15) is 18.7 Å². The molecule has 0 aliphatic carbocycles. The predicted molar refractivity (Wildman–Crippen MR) is 95.2 cm³/mol. The Balaban J connectivity index is 1.74. The van der Waals surface area contributed by atoms with Crippen LogP contribution in [0.5, 0.6) is 0 Å². The van der Waals surface area contributed by atoms with Crippen molar-refractivity contribution in [1.82, 2.24) is 14.9 Å². The van der Waals surface area contributed by atoms with Crippen LogP contribution in [0.3, 0.4) is 0 Å². The third kappa shape index (κ3) is 2.92. The Morgan fingerprint density at radius 1 is 1.22 bits per heavy atom. The Morgan fingerprint density at radius 2 is 1.96 bits per heavy atom. The van der Waals surface area contributed by atoms with E-state index >= 15 is 0 Å². The number of H-pyrrole nitrogens is 1. The van der Waals surface area contributed by atoms with E-state index in [1.54, 1.807) is 0 Å². The van der Waals surface area contributed by atoms with Crippen LogP contribution in [0.2, 0.25) is 5.02 Å². The Morgan fingerprint density at radius 3 is 2.70 bits per heavy atom. The molecule has 1 N–H and O–H groups in total. The minimum absolute atomic E-state index is 0.0598. The molecular formula is C17H16ClN3OS. The smallest absolute Gasteiger partial charge is 0.260 e. The van der Waals surface area contributed by atoms with Crippen molar-refractivity contribution < 1.29 is 0 Å². The van der Waals surface area contributed by atoms with E-state index in [9.17, 15) is 4.79 Å². The minimum Gasteiger partial charge on any atom is -0.309 e. The van der Waals surface area contributed by atoms with E-state index < -0.39 is 0 Å². The molecule has 1 aromatic carbocycles. The van der Waals surface area contributed by atoms with Crippen LogP contribution >= 0.6 is 22.9 Å². The molecule has 0 saturated carbocycles. The van der Waals surface area contributed by atoms with Gasteiger partial charge in [0.15, 0.2) is 0 Å². The van der Waals surface area contributed by atoms with Crippen LogP contribution in [0.15, 0.2) is 34.4 Å². The first-order valence-electron chi connectivity index (χ1n) is 7.69. The second-order valence-electron chi connectivity index (χ2n) is 5.83. The van der Waals surface area contributed by atoms with Crippen LogP contribution in [0.4, 0.5) is 0 Å². The molecular weight excluding hydrogens is 330 g/mol. The average Bonchev–Trinajstić information content (AvgIpc) is 3.18. The van der Waals surface area contributed by atoms with Crippen molar-refractivity contribution in [1.29, 1.82) is 0 Å². The summed E-state index contributed by atoms with van der Waals surface area (Å²) in [5.41, 5.74) is 1.85. The Hall–Kier alpha value is -1.69. The van der Waals surface area contributed by atoms with Gasteiger partial charge in [-0.05, 0) is 43.6 Å². The first kappa shape index (κ1) is 14.9. The number of fused-ring (bicyclic) bond motifs is 1. The molecule has 6 heteroatoms. The molecule has 1 aliphatic rings. The SMILES string of the molecule is O=c1[nH]c(CN2CCCC2)nc2scc(-c3ccc(Cl)cc3)c12. The molecule has 4 rings (SSSR count). The number of rotatable bonds is 3. The van der Waals surface area contributed by atoms with E-state index in [0.717, 1.165) is 41.4 Å². The fraction of sp³-hybridized carbons (Fsp3) is 0.294. The molecule has 3 aromatic rings. The van der Waals surface area contributed by atoms with Gasteiger partial charge in [-0.25, -0.2) is 4.98 Å². The van der Waals surface area contributed by atoms with E-state index in [1.165, 1.54) is 24.2 Å². The number of hydrogen-bond acceptors (Lipinski definition) is 4. The van der Waals surface area contributed by atoms with Gasteiger partial charge in [-0.1, -0.05) is 23.7 Å². The highest BCUT2D eigenvalue weighted by Gasteiger charge is 2.16. The number of nitrogens with zero attached hydrogens (tertiary/aromatic N) is 2. The normalized spacial score (nSPS) is 15.5. The number of thiophene rings is 1. The van der Waals surface area contributed by atoms with Crippen LogP contribution in [-0.4, -0.2) is 28.0 Å². The van der Waals surface area contributed by atoms with E-state index in [1.807, 2.05) is 29.6 Å². The molecule has 0 radical (unpaired) electrons. The number of aromatic amines is 1. The second-order valence-corrected chi connectivity index (χ2v) is 7.13. The lowest BCUT2D eigenvalue weighted by molar-refractivity contribution is 0.322. The number of hydrogen-bond donors (Lipinski definition) is 1. The largest absolute Gasteiger partial charge is 0.309 e. The standard InChI is InChI=1S/C17H16ClN3OS/c18-12-5-3-11(4-6-12)13-10-23-17-15(13)16(22)19-14(20-17)9-21-7-1-2-8-21/h3-6,10H,1-2,7-9H2,(H,19,20,22). The molecule has 0 bridgehead atoms. The van der Waals surface area contributed by atoms with Crippen molar-refractivity contribution in [2.45, 2.75) is 19.4 Å². The first-order chi connectivity index (χ1) is 11.2. The summed E-state index contributed by atoms with van der Waals surface area (Å²) in [4.78, 5) is 23.3. The van der Waals surface area contributed by atoms with Crippen LogP contribution in [-0.2, 0) is 6.54 Å². The number of nitrogens with one attached hydrogen (secondary N) is 1. The van der Waals surface area contributed by atoms with Gasteiger partial charge in [0.25, 0.3) is 5.56 Å². The molecule has 0 atom stereocenters. The van der Waals surface area contributed by atoms with E-state index in [4.69, 9.17) is 11.6 Å². The van der Waals surface area contributed by atoms with Gasteiger partial charge in [0.1, 0.15) is 10.7 Å². The highest BCUT2D eigenvalue weighted by Crippen LogP contribution is 2.31. The first-order valence-corrected chi connectivity index (χ1v) is 8.95. The third-order valence-electron chi connectivity index (χ3n) is 4.22. The maximum atomic E-state index is 12.6. The topological polar surface area (TPSA) is 49.0 Å². The summed E-state index contributed by atoms with van der Waals surface area (Å²) in [5, 5.41) is 3.35. The monoisotopic (exact) mass is 345 g/mol. The van der Waals surface area contributed by atoms with Crippen LogP contribution in [0, 0.1) is 0 Å². The van der Waals surface area contributed by atoms with Gasteiger partial charge in [-0.2, -0.15) is 0 Å². The van der Waals surface area contributed by atoms with E-state index in [0.29, 0.717) is 10.4 Å². The molecule has 2 aromatic heterocycles. The van der Waals surface area contributed by atoms with Crippen molar-refractivity contribution in [2.24, 2.45) is 0 Å². The molecule has 118 valence electrons. The Labute approximate surface area is 142 Å². The lowest BCUT2D eigenvalue weighted by atomic mass is 10.1. The van der Waals surface area contributed by atoms with Gasteiger partial charge in [0.2, 0.25) is 0 Å². The lowest BCUT2D eigenvalue weighted by Gasteiger charge is -2.13. The van der Waals surface area contributed by atoms with Crippen molar-refractivity contribution in [3.05, 3.63) is 50.8 Å². The molecule has 0 unspecified atom stereocenters. The highest BCUT2D eigenvalue weighted by molar-refractivity contribution is 7.17. The van der Waals surface area contributed by atoms with Gasteiger partial charge in [0, 0.05) is 16.0 Å². The van der Waals surface area contributed by atoms with E-state index in [2.05, 4.69) is 14.9 Å². The molecule has 1 aliphatic heterocycles. The second kappa shape index (κ2) is 6.07. The fourth-order valence-electron chi connectivity index (χ4n) is 3.06. The Bertz CT molecular complexity index is 894. The van der Waals surface area contributed by atoms with Crippen molar-refractivity contribution in [2.75, 3.05) is 13.1 Å². The molecule has 23 heavy (non-hydrogen) atoms. The minimum atomic E-state index is -0.0598. The van der Waals surface area contributed by atoms with Crippen molar-refractivity contribution in [3.8, 4) is 11.1 Å². The summed E-state index contributed by atoms with van der Waals surface area (Å²) in [6, 6.07) is 7.54. The Kier molecular flexibility index (Phi) is 3.93. The van der Waals surface area contributed by atoms with Gasteiger partial charge >= 0.3 is 0 Å². The van der Waals surface area contributed by atoms with Crippen LogP contribution in [0.25, 0.3) is 21.3 Å². The summed E-state index contributed by atoms with van der Waals surface area (Å²) < 4.78 is 0.